The first-order valence-electron chi connectivity index (χ1n) is 5.71. The van der Waals surface area contributed by atoms with Gasteiger partial charge in [-0.15, -0.1) is 0 Å². The lowest BCUT2D eigenvalue weighted by Gasteiger charge is -2.21. The van der Waals surface area contributed by atoms with E-state index in [-0.39, 0.29) is 11.9 Å². The molecule has 1 N–H and O–H groups in total. The number of carbonyl (C=O) groups is 1. The zero-order valence-electron chi connectivity index (χ0n) is 10.7. The van der Waals surface area contributed by atoms with Crippen LogP contribution in [0.4, 0.5) is 0 Å². The molecule has 0 aliphatic rings. The minimum atomic E-state index is -0.976. The number of nitriles is 1. The average Bonchev–Trinajstić information content (AvgIpc) is 2.74. The average molecular weight is 234 g/mol. The van der Waals surface area contributed by atoms with Gasteiger partial charge in [0.05, 0.1) is 12.1 Å². The van der Waals surface area contributed by atoms with E-state index in [1.807, 2.05) is 39.0 Å². The zero-order chi connectivity index (χ0) is 13.1. The number of amides is 1. The Labute approximate surface area is 102 Å². The first-order chi connectivity index (χ1) is 7.92. The Bertz CT molecular complexity index is 445. The van der Waals surface area contributed by atoms with Gasteiger partial charge in [0.2, 0.25) is 5.91 Å². The normalized spacial score (nSPS) is 15.7. The molecule has 0 aliphatic carbocycles. The van der Waals surface area contributed by atoms with Crippen molar-refractivity contribution in [2.24, 2.45) is 5.41 Å². The topological polar surface area (TPSA) is 66.0 Å². The Hall–Kier alpha value is -1.76. The van der Waals surface area contributed by atoms with E-state index in [1.54, 1.807) is 6.92 Å². The van der Waals surface area contributed by atoms with Crippen LogP contribution in [0, 0.1) is 23.7 Å². The van der Waals surface area contributed by atoms with Crippen molar-refractivity contribution >= 4 is 5.91 Å². The van der Waals surface area contributed by atoms with E-state index >= 15 is 0 Å². The molecule has 1 heterocycles. The molecule has 0 spiro atoms. The standard InChI is InChI=1S/C13H18N2O2/c1-5-13(4,8-14)12(16)15-10(3)11-7-6-9(2)17-11/h6-7,10H,5H2,1-4H3,(H,15,16). The number of carbonyl (C=O) groups excluding carboxylic acids is 1. The summed E-state index contributed by atoms with van der Waals surface area (Å²) >= 11 is 0. The van der Waals surface area contributed by atoms with Crippen LogP contribution >= 0.6 is 0 Å². The van der Waals surface area contributed by atoms with Gasteiger partial charge < -0.3 is 9.73 Å². The molecule has 0 fully saturated rings. The van der Waals surface area contributed by atoms with Crippen LogP contribution in [0.3, 0.4) is 0 Å². The van der Waals surface area contributed by atoms with Crippen molar-refractivity contribution in [3.63, 3.8) is 0 Å². The highest BCUT2D eigenvalue weighted by molar-refractivity contribution is 5.85. The number of rotatable bonds is 4. The Balaban J connectivity index is 2.73. The number of hydrogen-bond acceptors (Lipinski definition) is 3. The van der Waals surface area contributed by atoms with Gasteiger partial charge in [-0.25, -0.2) is 0 Å². The van der Waals surface area contributed by atoms with Crippen LogP contribution in [0.5, 0.6) is 0 Å². The third kappa shape index (κ3) is 2.88. The van der Waals surface area contributed by atoms with E-state index in [1.165, 1.54) is 0 Å². The molecular weight excluding hydrogens is 216 g/mol. The first kappa shape index (κ1) is 13.3. The fraction of sp³-hybridized carbons (Fsp3) is 0.538. The molecule has 0 aromatic carbocycles. The van der Waals surface area contributed by atoms with E-state index in [9.17, 15) is 4.79 Å². The maximum Gasteiger partial charge on any atom is 0.240 e. The maximum absolute atomic E-state index is 11.9. The van der Waals surface area contributed by atoms with Crippen LogP contribution in [0.1, 0.15) is 44.8 Å². The monoisotopic (exact) mass is 234 g/mol. The van der Waals surface area contributed by atoms with Crippen molar-refractivity contribution in [1.29, 1.82) is 5.26 Å². The second-order valence-corrected chi connectivity index (χ2v) is 4.44. The molecule has 0 saturated heterocycles. The lowest BCUT2D eigenvalue weighted by Crippen LogP contribution is -2.38. The Morgan fingerprint density at radius 1 is 1.65 bits per heavy atom. The quantitative estimate of drug-likeness (QED) is 0.871. The second kappa shape index (κ2) is 5.05. The van der Waals surface area contributed by atoms with Gasteiger partial charge in [0.15, 0.2) is 0 Å². The van der Waals surface area contributed by atoms with E-state index < -0.39 is 5.41 Å². The van der Waals surface area contributed by atoms with E-state index in [0.29, 0.717) is 12.2 Å². The van der Waals surface area contributed by atoms with Crippen LogP contribution in [0.25, 0.3) is 0 Å². The molecule has 4 nitrogen and oxygen atoms in total. The Morgan fingerprint density at radius 2 is 2.29 bits per heavy atom. The highest BCUT2D eigenvalue weighted by atomic mass is 16.3. The summed E-state index contributed by atoms with van der Waals surface area (Å²) in [5.41, 5.74) is -0.976. The van der Waals surface area contributed by atoms with Crippen molar-refractivity contribution in [3.8, 4) is 6.07 Å². The molecule has 0 radical (unpaired) electrons. The van der Waals surface area contributed by atoms with Crippen LogP contribution in [-0.2, 0) is 4.79 Å². The third-order valence-electron chi connectivity index (χ3n) is 2.99. The maximum atomic E-state index is 11.9. The largest absolute Gasteiger partial charge is 0.464 e. The lowest BCUT2D eigenvalue weighted by atomic mass is 9.88. The van der Waals surface area contributed by atoms with E-state index in [2.05, 4.69) is 5.32 Å². The minimum Gasteiger partial charge on any atom is -0.464 e. The van der Waals surface area contributed by atoms with Gasteiger partial charge >= 0.3 is 0 Å². The molecule has 1 amide bonds. The first-order valence-corrected chi connectivity index (χ1v) is 5.71. The van der Waals surface area contributed by atoms with Crippen molar-refractivity contribution in [2.75, 3.05) is 0 Å². The molecule has 0 bridgehead atoms. The smallest absolute Gasteiger partial charge is 0.240 e. The molecule has 1 rings (SSSR count). The van der Waals surface area contributed by atoms with Crippen LogP contribution in [0.2, 0.25) is 0 Å². The highest BCUT2D eigenvalue weighted by Crippen LogP contribution is 2.22. The summed E-state index contributed by atoms with van der Waals surface area (Å²) in [6.45, 7) is 7.15. The van der Waals surface area contributed by atoms with Crippen molar-refractivity contribution in [2.45, 2.75) is 40.2 Å². The predicted octanol–water partition coefficient (Wildman–Crippen LogP) is 2.71. The molecule has 0 aliphatic heterocycles. The summed E-state index contributed by atoms with van der Waals surface area (Å²) in [5, 5.41) is 11.8. The summed E-state index contributed by atoms with van der Waals surface area (Å²) in [5.74, 6) is 1.25. The fourth-order valence-corrected chi connectivity index (χ4v) is 1.40. The number of nitrogens with one attached hydrogen (secondary N) is 1. The number of aryl methyl sites for hydroxylation is 1. The van der Waals surface area contributed by atoms with E-state index in [0.717, 1.165) is 5.76 Å². The number of hydrogen-bond donors (Lipinski definition) is 1. The summed E-state index contributed by atoms with van der Waals surface area (Å²) < 4.78 is 5.43. The number of furan rings is 1. The summed E-state index contributed by atoms with van der Waals surface area (Å²) in [4.78, 5) is 11.9. The van der Waals surface area contributed by atoms with Gasteiger partial charge in [0.25, 0.3) is 0 Å². The van der Waals surface area contributed by atoms with Gasteiger partial charge in [-0.2, -0.15) is 5.26 Å². The lowest BCUT2D eigenvalue weighted by molar-refractivity contribution is -0.128. The van der Waals surface area contributed by atoms with Gasteiger partial charge in [0.1, 0.15) is 16.9 Å². The van der Waals surface area contributed by atoms with Crippen molar-refractivity contribution in [1.82, 2.24) is 5.32 Å². The number of nitrogens with zero attached hydrogens (tertiary/aromatic N) is 1. The molecule has 1 aromatic rings. The molecule has 4 heteroatoms. The second-order valence-electron chi connectivity index (χ2n) is 4.44. The zero-order valence-corrected chi connectivity index (χ0v) is 10.7. The molecule has 17 heavy (non-hydrogen) atoms. The third-order valence-corrected chi connectivity index (χ3v) is 2.99. The summed E-state index contributed by atoms with van der Waals surface area (Å²) in [6, 6.07) is 5.50. The SMILES string of the molecule is CCC(C)(C#N)C(=O)NC(C)c1ccc(C)o1. The van der Waals surface area contributed by atoms with Gasteiger partial charge in [-0.3, -0.25) is 4.79 Å². The fourth-order valence-electron chi connectivity index (χ4n) is 1.40. The molecular formula is C13H18N2O2. The Morgan fingerprint density at radius 3 is 2.71 bits per heavy atom. The van der Waals surface area contributed by atoms with Crippen molar-refractivity contribution < 1.29 is 9.21 Å². The van der Waals surface area contributed by atoms with Gasteiger partial charge in [-0.1, -0.05) is 6.92 Å². The predicted molar refractivity (Wildman–Crippen MR) is 64.0 cm³/mol. The molecule has 92 valence electrons. The summed E-state index contributed by atoms with van der Waals surface area (Å²) in [7, 11) is 0. The van der Waals surface area contributed by atoms with Crippen LogP contribution in [-0.4, -0.2) is 5.91 Å². The molecule has 2 atom stereocenters. The summed E-state index contributed by atoms with van der Waals surface area (Å²) in [6.07, 6.45) is 0.485. The minimum absolute atomic E-state index is 0.226. The molecule has 2 unspecified atom stereocenters. The van der Waals surface area contributed by atoms with Crippen molar-refractivity contribution in [3.05, 3.63) is 23.7 Å². The molecule has 1 aromatic heterocycles. The van der Waals surface area contributed by atoms with Gasteiger partial charge in [0, 0.05) is 0 Å². The highest BCUT2D eigenvalue weighted by Gasteiger charge is 2.32. The molecule has 0 saturated carbocycles. The van der Waals surface area contributed by atoms with Gasteiger partial charge in [-0.05, 0) is 39.3 Å². The Kier molecular flexibility index (Phi) is 3.95. The van der Waals surface area contributed by atoms with Crippen LogP contribution < -0.4 is 5.32 Å². The van der Waals surface area contributed by atoms with E-state index in [4.69, 9.17) is 9.68 Å². The van der Waals surface area contributed by atoms with Crippen LogP contribution in [0.15, 0.2) is 16.5 Å².